The predicted octanol–water partition coefficient (Wildman–Crippen LogP) is 3.65. The molecule has 1 amide bonds. The second-order valence-electron chi connectivity index (χ2n) is 8.66. The zero-order chi connectivity index (χ0) is 23.3. The Labute approximate surface area is 189 Å². The number of anilines is 3. The van der Waals surface area contributed by atoms with Gasteiger partial charge in [0.15, 0.2) is 17.2 Å². The minimum absolute atomic E-state index is 0.0650. The van der Waals surface area contributed by atoms with Crippen LogP contribution in [0.25, 0.3) is 10.9 Å². The summed E-state index contributed by atoms with van der Waals surface area (Å²) in [7, 11) is 1.52. The van der Waals surface area contributed by atoms with Crippen LogP contribution in [0.1, 0.15) is 13.8 Å². The van der Waals surface area contributed by atoms with Gasteiger partial charge in [-0.2, -0.15) is 0 Å². The van der Waals surface area contributed by atoms with Crippen molar-refractivity contribution in [3.8, 4) is 11.5 Å². The highest BCUT2D eigenvalue weighted by Gasteiger charge is 2.54. The van der Waals surface area contributed by atoms with Gasteiger partial charge in [-0.05, 0) is 32.0 Å². The van der Waals surface area contributed by atoms with Crippen LogP contribution in [0.5, 0.6) is 11.5 Å². The molecule has 2 aromatic carbocycles. The monoisotopic (exact) mass is 453 g/mol. The van der Waals surface area contributed by atoms with Crippen molar-refractivity contribution in [1.29, 1.82) is 0 Å². The number of nitrogens with one attached hydrogen (secondary N) is 1. The number of hydrogen-bond donors (Lipinski definition) is 2. The number of rotatable bonds is 5. The van der Waals surface area contributed by atoms with E-state index in [4.69, 9.17) is 9.47 Å². The Morgan fingerprint density at radius 1 is 1.24 bits per heavy atom. The summed E-state index contributed by atoms with van der Waals surface area (Å²) in [6.07, 6.45) is 0.903. The van der Waals surface area contributed by atoms with Crippen LogP contribution in [0, 0.1) is 5.82 Å². The molecule has 3 aromatic rings. The molecule has 33 heavy (non-hydrogen) atoms. The number of likely N-dealkylation sites (tertiary alicyclic amines) is 1. The number of aromatic hydroxyl groups is 1. The maximum Gasteiger partial charge on any atom is 0.415 e. The van der Waals surface area contributed by atoms with Crippen molar-refractivity contribution in [1.82, 2.24) is 14.9 Å². The third-order valence-corrected chi connectivity index (χ3v) is 6.14. The van der Waals surface area contributed by atoms with Crippen LogP contribution in [-0.4, -0.2) is 64.5 Å². The van der Waals surface area contributed by atoms with Crippen molar-refractivity contribution in [2.45, 2.75) is 25.5 Å². The summed E-state index contributed by atoms with van der Waals surface area (Å²) >= 11 is 0. The first-order valence-corrected chi connectivity index (χ1v) is 10.6. The number of carbonyl (C=O) groups is 1. The van der Waals surface area contributed by atoms with Crippen LogP contribution in [0.3, 0.4) is 0 Å². The molecule has 10 heteroatoms. The highest BCUT2D eigenvalue weighted by atomic mass is 19.1. The van der Waals surface area contributed by atoms with Crippen LogP contribution in [0.4, 0.5) is 26.4 Å². The summed E-state index contributed by atoms with van der Waals surface area (Å²) in [5.41, 5.74) is 0.588. The standard InChI is InChI=1S/C23H24FN5O4/c1-13(2)28-9-23(10-28)11-29(22(31)33-23)17-7-14-16(8-19(17)32-3)25-12-26-21(14)27-15-5-4-6-18(30)20(15)24/h4-8,12-13,30H,9-11H2,1-3H3,(H,25,26,27). The summed E-state index contributed by atoms with van der Waals surface area (Å²) in [4.78, 5) is 25.2. The van der Waals surface area contributed by atoms with Crippen molar-refractivity contribution < 1.29 is 23.8 Å². The highest BCUT2D eigenvalue weighted by molar-refractivity contribution is 6.00. The molecule has 1 aromatic heterocycles. The first kappa shape index (κ1) is 21.2. The molecule has 2 saturated heterocycles. The van der Waals surface area contributed by atoms with E-state index in [9.17, 15) is 14.3 Å². The first-order chi connectivity index (χ1) is 15.8. The van der Waals surface area contributed by atoms with E-state index in [-0.39, 0.29) is 5.69 Å². The minimum atomic E-state index is -0.789. The lowest BCUT2D eigenvalue weighted by Crippen LogP contribution is -2.65. The zero-order valence-electron chi connectivity index (χ0n) is 18.5. The number of carbonyl (C=O) groups excluding carboxylic acids is 1. The maximum atomic E-state index is 14.4. The van der Waals surface area contributed by atoms with E-state index < -0.39 is 23.3 Å². The van der Waals surface area contributed by atoms with Gasteiger partial charge < -0.3 is 19.9 Å². The van der Waals surface area contributed by atoms with Crippen LogP contribution in [0.2, 0.25) is 0 Å². The van der Waals surface area contributed by atoms with Crippen molar-refractivity contribution in [2.75, 3.05) is 37.0 Å². The fourth-order valence-corrected chi connectivity index (χ4v) is 4.32. The lowest BCUT2D eigenvalue weighted by atomic mass is 9.92. The lowest BCUT2D eigenvalue weighted by molar-refractivity contribution is -0.0856. The van der Waals surface area contributed by atoms with Crippen LogP contribution in [0.15, 0.2) is 36.7 Å². The number of benzene rings is 2. The Morgan fingerprint density at radius 3 is 2.76 bits per heavy atom. The Morgan fingerprint density at radius 2 is 2.03 bits per heavy atom. The Hall–Kier alpha value is -3.66. The number of phenols is 1. The summed E-state index contributed by atoms with van der Waals surface area (Å²) in [5, 5.41) is 13.2. The van der Waals surface area contributed by atoms with Crippen molar-refractivity contribution >= 4 is 34.2 Å². The highest BCUT2D eigenvalue weighted by Crippen LogP contribution is 2.41. The van der Waals surface area contributed by atoms with E-state index in [1.165, 1.54) is 31.6 Å². The largest absolute Gasteiger partial charge is 0.505 e. The molecule has 1 spiro atoms. The zero-order valence-corrected chi connectivity index (χ0v) is 18.5. The van der Waals surface area contributed by atoms with Gasteiger partial charge in [0.2, 0.25) is 0 Å². The Bertz CT molecular complexity index is 1240. The second kappa shape index (κ2) is 7.73. The molecule has 172 valence electrons. The van der Waals surface area contributed by atoms with E-state index >= 15 is 0 Å². The second-order valence-corrected chi connectivity index (χ2v) is 8.66. The van der Waals surface area contributed by atoms with Crippen LogP contribution >= 0.6 is 0 Å². The van der Waals surface area contributed by atoms with Gasteiger partial charge in [-0.15, -0.1) is 0 Å². The van der Waals surface area contributed by atoms with Gasteiger partial charge in [0.1, 0.15) is 17.9 Å². The van der Waals surface area contributed by atoms with Crippen LogP contribution in [-0.2, 0) is 4.74 Å². The molecular formula is C23H24FN5O4. The fourth-order valence-electron chi connectivity index (χ4n) is 4.32. The molecule has 0 saturated carbocycles. The average Bonchev–Trinajstić information content (AvgIpc) is 3.12. The molecule has 2 fully saturated rings. The summed E-state index contributed by atoms with van der Waals surface area (Å²) in [6.45, 7) is 5.97. The molecule has 0 atom stereocenters. The number of aromatic nitrogens is 2. The topological polar surface area (TPSA) is 100 Å². The number of hydrogen-bond acceptors (Lipinski definition) is 8. The molecule has 0 unspecified atom stereocenters. The maximum absolute atomic E-state index is 14.4. The normalized spacial score (nSPS) is 17.5. The van der Waals surface area contributed by atoms with Gasteiger partial charge in [0.05, 0.1) is 30.5 Å². The van der Waals surface area contributed by atoms with E-state index in [1.54, 1.807) is 17.0 Å². The van der Waals surface area contributed by atoms with Crippen molar-refractivity contribution in [3.05, 3.63) is 42.5 Å². The minimum Gasteiger partial charge on any atom is -0.505 e. The summed E-state index contributed by atoms with van der Waals surface area (Å²) in [5.74, 6) is -0.473. The number of amides is 1. The molecule has 0 bridgehead atoms. The predicted molar refractivity (Wildman–Crippen MR) is 121 cm³/mol. The summed E-state index contributed by atoms with van der Waals surface area (Å²) < 4.78 is 25.7. The van der Waals surface area contributed by atoms with Crippen molar-refractivity contribution in [2.24, 2.45) is 0 Å². The van der Waals surface area contributed by atoms with E-state index in [1.807, 2.05) is 0 Å². The van der Waals surface area contributed by atoms with Crippen LogP contribution < -0.4 is 15.0 Å². The third-order valence-electron chi connectivity index (χ3n) is 6.14. The van der Waals surface area contributed by atoms with E-state index in [0.717, 1.165) is 0 Å². The number of methoxy groups -OCH3 is 1. The molecule has 2 aliphatic rings. The third kappa shape index (κ3) is 3.56. The Balaban J connectivity index is 1.52. The van der Waals surface area contributed by atoms with E-state index in [0.29, 0.717) is 53.8 Å². The van der Waals surface area contributed by atoms with Gasteiger partial charge in [0, 0.05) is 30.6 Å². The smallest absolute Gasteiger partial charge is 0.415 e. The Kier molecular flexibility index (Phi) is 4.97. The molecule has 0 radical (unpaired) electrons. The van der Waals surface area contributed by atoms with E-state index in [2.05, 4.69) is 34.0 Å². The van der Waals surface area contributed by atoms with Gasteiger partial charge in [-0.25, -0.2) is 19.2 Å². The van der Waals surface area contributed by atoms with Gasteiger partial charge in [-0.3, -0.25) is 9.80 Å². The number of nitrogens with zero attached hydrogens (tertiary/aromatic N) is 4. The molecule has 2 aliphatic heterocycles. The quantitative estimate of drug-likeness (QED) is 0.604. The SMILES string of the molecule is COc1cc2ncnc(Nc3cccc(O)c3F)c2cc1N1CC2(CN(C(C)C)C2)OC1=O. The molecular weight excluding hydrogens is 429 g/mol. The lowest BCUT2D eigenvalue weighted by Gasteiger charge is -2.47. The number of phenolic OH excluding ortho intramolecular Hbond substituents is 1. The van der Waals surface area contributed by atoms with Gasteiger partial charge in [0.25, 0.3) is 0 Å². The van der Waals surface area contributed by atoms with Gasteiger partial charge >= 0.3 is 6.09 Å². The average molecular weight is 453 g/mol. The summed E-state index contributed by atoms with van der Waals surface area (Å²) in [6, 6.07) is 8.09. The number of halogens is 1. The molecule has 2 N–H and O–H groups in total. The molecule has 3 heterocycles. The molecule has 0 aliphatic carbocycles. The first-order valence-electron chi connectivity index (χ1n) is 10.6. The van der Waals surface area contributed by atoms with Gasteiger partial charge in [-0.1, -0.05) is 6.07 Å². The number of fused-ring (bicyclic) bond motifs is 1. The molecule has 5 rings (SSSR count). The van der Waals surface area contributed by atoms with Crippen molar-refractivity contribution in [3.63, 3.8) is 0 Å². The fraction of sp³-hybridized carbons (Fsp3) is 0.348. The number of ether oxygens (including phenoxy) is 2. The molecule has 9 nitrogen and oxygen atoms in total.